The number of aryl methyl sites for hydroxylation is 1. The molecule has 0 amide bonds. The van der Waals surface area contributed by atoms with Crippen LogP contribution in [0.4, 0.5) is 0 Å². The van der Waals surface area contributed by atoms with Gasteiger partial charge >= 0.3 is 0 Å². The number of hydrogen-bond acceptors (Lipinski definition) is 2. The molecule has 0 saturated carbocycles. The summed E-state index contributed by atoms with van der Waals surface area (Å²) in [4.78, 5) is 0. The summed E-state index contributed by atoms with van der Waals surface area (Å²) in [5.74, 6) is 0.248. The molecule has 0 aliphatic heterocycles. The smallest absolute Gasteiger partial charge is 0.122 e. The van der Waals surface area contributed by atoms with Gasteiger partial charge in [0.1, 0.15) is 11.5 Å². The van der Waals surface area contributed by atoms with Crippen molar-refractivity contribution < 1.29 is 10.2 Å². The molecule has 2 heteroatoms. The van der Waals surface area contributed by atoms with E-state index in [1.807, 2.05) is 6.92 Å². The van der Waals surface area contributed by atoms with E-state index >= 15 is 0 Å². The van der Waals surface area contributed by atoms with Gasteiger partial charge in [-0.25, -0.2) is 0 Å². The average Bonchev–Trinajstić information content (AvgIpc) is 2.02. The Labute approximate surface area is 78.2 Å². The van der Waals surface area contributed by atoms with E-state index in [0.29, 0.717) is 0 Å². The van der Waals surface area contributed by atoms with E-state index in [4.69, 9.17) is 5.11 Å². The molecule has 0 radical (unpaired) electrons. The van der Waals surface area contributed by atoms with Gasteiger partial charge in [0.15, 0.2) is 0 Å². The number of benzene rings is 1. The summed E-state index contributed by atoms with van der Waals surface area (Å²) in [5.41, 5.74) is 1.94. The monoisotopic (exact) mass is 178 g/mol. The van der Waals surface area contributed by atoms with Gasteiger partial charge in [-0.2, -0.15) is 0 Å². The molecule has 0 bridgehead atoms. The first kappa shape index (κ1) is 9.65. The molecule has 70 valence electrons. The van der Waals surface area contributed by atoms with Crippen molar-refractivity contribution in [1.82, 2.24) is 0 Å². The molecule has 0 fully saturated rings. The molecule has 2 nitrogen and oxygen atoms in total. The van der Waals surface area contributed by atoms with Gasteiger partial charge < -0.3 is 10.2 Å². The normalized spacial score (nSPS) is 9.92. The summed E-state index contributed by atoms with van der Waals surface area (Å²) in [5, 5.41) is 18.5. The van der Waals surface area contributed by atoms with E-state index in [1.54, 1.807) is 12.1 Å². The summed E-state index contributed by atoms with van der Waals surface area (Å²) in [6.45, 7) is 5.74. The van der Waals surface area contributed by atoms with Gasteiger partial charge in [0.05, 0.1) is 0 Å². The number of rotatable bonds is 3. The number of allylic oxidation sites excluding steroid dienone is 1. The van der Waals surface area contributed by atoms with Crippen molar-refractivity contribution in [1.29, 1.82) is 0 Å². The highest BCUT2D eigenvalue weighted by atomic mass is 16.3. The van der Waals surface area contributed by atoms with Crippen LogP contribution in [0.3, 0.4) is 0 Å². The van der Waals surface area contributed by atoms with Crippen LogP contribution in [0.1, 0.15) is 18.9 Å². The molecule has 1 rings (SSSR count). The molecule has 0 aliphatic carbocycles. The van der Waals surface area contributed by atoms with E-state index in [2.05, 4.69) is 6.58 Å². The van der Waals surface area contributed by atoms with Gasteiger partial charge in [-0.3, -0.25) is 0 Å². The second kappa shape index (κ2) is 3.99. The lowest BCUT2D eigenvalue weighted by Crippen LogP contribution is -1.86. The van der Waals surface area contributed by atoms with Gasteiger partial charge in [0.2, 0.25) is 0 Å². The quantitative estimate of drug-likeness (QED) is 0.698. The van der Waals surface area contributed by atoms with Crippen molar-refractivity contribution in [2.75, 3.05) is 0 Å². The third-order valence-corrected chi connectivity index (χ3v) is 1.89. The van der Waals surface area contributed by atoms with Crippen LogP contribution in [0, 0.1) is 0 Å². The van der Waals surface area contributed by atoms with Crippen molar-refractivity contribution in [2.24, 2.45) is 0 Å². The maximum absolute atomic E-state index is 9.41. The third kappa shape index (κ3) is 2.82. The van der Waals surface area contributed by atoms with Crippen LogP contribution >= 0.6 is 0 Å². The predicted molar refractivity (Wildman–Crippen MR) is 52.9 cm³/mol. The van der Waals surface area contributed by atoms with Crippen molar-refractivity contribution in [2.45, 2.75) is 19.8 Å². The largest absolute Gasteiger partial charge is 0.508 e. The maximum Gasteiger partial charge on any atom is 0.122 e. The van der Waals surface area contributed by atoms with Crippen molar-refractivity contribution >= 4 is 0 Å². The molecule has 0 atom stereocenters. The minimum atomic E-state index is 0.0941. The van der Waals surface area contributed by atoms with Crippen LogP contribution in [0.5, 0.6) is 11.5 Å². The Morgan fingerprint density at radius 1 is 1.38 bits per heavy atom. The van der Waals surface area contributed by atoms with Gasteiger partial charge in [0, 0.05) is 6.07 Å². The van der Waals surface area contributed by atoms with Crippen molar-refractivity contribution in [3.8, 4) is 11.5 Å². The Bertz CT molecular complexity index is 316. The summed E-state index contributed by atoms with van der Waals surface area (Å²) in [7, 11) is 0. The zero-order valence-corrected chi connectivity index (χ0v) is 7.75. The minimum absolute atomic E-state index is 0.0941. The second-order valence-electron chi connectivity index (χ2n) is 3.27. The van der Waals surface area contributed by atoms with Crippen LogP contribution in [0.15, 0.2) is 30.4 Å². The Morgan fingerprint density at radius 3 is 2.62 bits per heavy atom. The Kier molecular flexibility index (Phi) is 2.96. The van der Waals surface area contributed by atoms with Gasteiger partial charge in [-0.05, 0) is 31.4 Å². The summed E-state index contributed by atoms with van der Waals surface area (Å²) in [6.07, 6.45) is 1.62. The topological polar surface area (TPSA) is 40.5 Å². The molecule has 0 aliphatic rings. The fourth-order valence-electron chi connectivity index (χ4n) is 1.11. The molecule has 0 saturated heterocycles. The number of phenols is 2. The fourth-order valence-corrected chi connectivity index (χ4v) is 1.11. The van der Waals surface area contributed by atoms with Crippen molar-refractivity contribution in [3.63, 3.8) is 0 Å². The highest BCUT2D eigenvalue weighted by Gasteiger charge is 2.01. The Balaban J connectivity index is 2.72. The van der Waals surface area contributed by atoms with Crippen LogP contribution < -0.4 is 0 Å². The Morgan fingerprint density at radius 2 is 2.08 bits per heavy atom. The summed E-state index contributed by atoms with van der Waals surface area (Å²) < 4.78 is 0. The fraction of sp³-hybridized carbons (Fsp3) is 0.273. The SMILES string of the molecule is C=C(C)CCc1ccc(O)cc1O. The minimum Gasteiger partial charge on any atom is -0.508 e. The lowest BCUT2D eigenvalue weighted by atomic mass is 10.1. The zero-order valence-electron chi connectivity index (χ0n) is 7.75. The van der Waals surface area contributed by atoms with E-state index in [1.165, 1.54) is 6.07 Å². The average molecular weight is 178 g/mol. The first-order valence-corrected chi connectivity index (χ1v) is 4.25. The molecule has 0 unspecified atom stereocenters. The highest BCUT2D eigenvalue weighted by molar-refractivity contribution is 5.39. The molecule has 0 heterocycles. The molecule has 2 N–H and O–H groups in total. The number of aromatic hydroxyl groups is 2. The lowest BCUT2D eigenvalue weighted by molar-refractivity contribution is 0.446. The highest BCUT2D eigenvalue weighted by Crippen LogP contribution is 2.24. The molecule has 0 spiro atoms. The molecular formula is C11H14O2. The second-order valence-corrected chi connectivity index (χ2v) is 3.27. The zero-order chi connectivity index (χ0) is 9.84. The molecular weight excluding hydrogens is 164 g/mol. The van der Waals surface area contributed by atoms with Crippen molar-refractivity contribution in [3.05, 3.63) is 35.9 Å². The molecule has 0 aromatic heterocycles. The Hall–Kier alpha value is -1.44. The molecule has 1 aromatic rings. The van der Waals surface area contributed by atoms with Crippen LogP contribution in [0.25, 0.3) is 0 Å². The molecule has 13 heavy (non-hydrogen) atoms. The maximum atomic E-state index is 9.41. The van der Waals surface area contributed by atoms with Crippen LogP contribution in [-0.4, -0.2) is 10.2 Å². The van der Waals surface area contributed by atoms with Crippen LogP contribution in [0.2, 0.25) is 0 Å². The lowest BCUT2D eigenvalue weighted by Gasteiger charge is -2.04. The van der Waals surface area contributed by atoms with Gasteiger partial charge in [-0.15, -0.1) is 6.58 Å². The van der Waals surface area contributed by atoms with E-state index in [0.717, 1.165) is 24.0 Å². The van der Waals surface area contributed by atoms with Crippen LogP contribution in [-0.2, 0) is 6.42 Å². The summed E-state index contributed by atoms with van der Waals surface area (Å²) in [6, 6.07) is 4.66. The van der Waals surface area contributed by atoms with E-state index in [-0.39, 0.29) is 11.5 Å². The first-order chi connectivity index (χ1) is 6.09. The van der Waals surface area contributed by atoms with E-state index < -0.39 is 0 Å². The first-order valence-electron chi connectivity index (χ1n) is 4.25. The number of hydrogen-bond donors (Lipinski definition) is 2. The standard InChI is InChI=1S/C11H14O2/c1-8(2)3-4-9-5-6-10(12)7-11(9)13/h5-7,12-13H,1,3-4H2,2H3. The predicted octanol–water partition coefficient (Wildman–Crippen LogP) is 2.61. The number of phenolic OH excluding ortho intramolecular Hbond substituents is 2. The van der Waals surface area contributed by atoms with Gasteiger partial charge in [-0.1, -0.05) is 11.6 Å². The summed E-state index contributed by atoms with van der Waals surface area (Å²) >= 11 is 0. The molecule has 1 aromatic carbocycles. The third-order valence-electron chi connectivity index (χ3n) is 1.89. The van der Waals surface area contributed by atoms with E-state index in [9.17, 15) is 5.11 Å². The van der Waals surface area contributed by atoms with Gasteiger partial charge in [0.25, 0.3) is 0 Å².